The van der Waals surface area contributed by atoms with Gasteiger partial charge in [0, 0.05) is 31.5 Å². The number of hydrogen-bond donors (Lipinski definition) is 2. The minimum atomic E-state index is -1.45. The highest BCUT2D eigenvalue weighted by molar-refractivity contribution is 6.03. The van der Waals surface area contributed by atoms with Gasteiger partial charge in [-0.2, -0.15) is 5.10 Å². The van der Waals surface area contributed by atoms with Gasteiger partial charge in [-0.1, -0.05) is 6.08 Å². The maximum absolute atomic E-state index is 14.9. The highest BCUT2D eigenvalue weighted by atomic mass is 19.1. The summed E-state index contributed by atoms with van der Waals surface area (Å²) in [7, 11) is 3.21. The normalized spacial score (nSPS) is 20.9. The Morgan fingerprint density at radius 2 is 2.00 bits per heavy atom. The largest absolute Gasteiger partial charge is 0.369 e. The Kier molecular flexibility index (Phi) is 4.77. The molecule has 0 unspecified atom stereocenters. The number of nitrogens with one attached hydrogen (secondary N) is 1. The summed E-state index contributed by atoms with van der Waals surface area (Å²) in [4.78, 5) is 31.0. The number of hydrogen-bond acceptors (Lipinski definition) is 5. The molecule has 0 fully saturated rings. The van der Waals surface area contributed by atoms with Crippen molar-refractivity contribution in [2.24, 2.45) is 23.2 Å². The number of guanidine groups is 1. The Hall–Kier alpha value is -3.49. The molecular weight excluding hydrogens is 375 g/mol. The lowest BCUT2D eigenvalue weighted by Crippen LogP contribution is -2.59. The molecule has 0 aliphatic carbocycles. The van der Waals surface area contributed by atoms with Crippen LogP contribution in [0, 0.1) is 11.2 Å². The highest BCUT2D eigenvalue weighted by Crippen LogP contribution is 2.48. The first kappa shape index (κ1) is 20.2. The van der Waals surface area contributed by atoms with Crippen LogP contribution in [0.4, 0.5) is 10.1 Å². The number of benzene rings is 1. The summed E-state index contributed by atoms with van der Waals surface area (Å²) in [5.74, 6) is -1.41. The molecule has 2 aromatic rings. The molecule has 1 aliphatic rings. The fourth-order valence-electron chi connectivity index (χ4n) is 3.52. The zero-order valence-corrected chi connectivity index (χ0v) is 16.7. The van der Waals surface area contributed by atoms with Crippen molar-refractivity contribution in [3.05, 3.63) is 60.2 Å². The van der Waals surface area contributed by atoms with E-state index in [4.69, 9.17) is 5.73 Å². The maximum Gasteiger partial charge on any atom is 0.276 e. The van der Waals surface area contributed by atoms with Crippen molar-refractivity contribution < 1.29 is 14.0 Å². The summed E-state index contributed by atoms with van der Waals surface area (Å²) in [5, 5.41) is 6.73. The molecule has 1 atom stereocenters. The lowest BCUT2D eigenvalue weighted by atomic mass is 9.66. The molecule has 1 aliphatic heterocycles. The summed E-state index contributed by atoms with van der Waals surface area (Å²) in [6, 6.07) is 5.64. The minimum Gasteiger partial charge on any atom is -0.369 e. The molecule has 0 bridgehead atoms. The molecule has 3 N–H and O–H groups in total. The zero-order chi connectivity index (χ0) is 21.6. The van der Waals surface area contributed by atoms with Crippen LogP contribution >= 0.6 is 0 Å². The summed E-state index contributed by atoms with van der Waals surface area (Å²) in [5.41, 5.74) is 3.94. The van der Waals surface area contributed by atoms with Crippen molar-refractivity contribution in [2.75, 3.05) is 12.4 Å². The molecule has 9 heteroatoms. The fraction of sp³-hybridized carbons (Fsp3) is 0.300. The van der Waals surface area contributed by atoms with Crippen molar-refractivity contribution in [1.29, 1.82) is 0 Å². The lowest BCUT2D eigenvalue weighted by molar-refractivity contribution is -0.139. The van der Waals surface area contributed by atoms with E-state index in [2.05, 4.69) is 22.0 Å². The average Bonchev–Trinajstić information content (AvgIpc) is 3.11. The molecular formula is C20H23FN6O2. The predicted octanol–water partition coefficient (Wildman–Crippen LogP) is 2.01. The van der Waals surface area contributed by atoms with Gasteiger partial charge in [-0.25, -0.2) is 9.38 Å². The topological polar surface area (TPSA) is 106 Å². The molecule has 3 rings (SSSR count). The molecule has 1 aromatic heterocycles. The van der Waals surface area contributed by atoms with E-state index in [0.717, 1.165) is 0 Å². The second kappa shape index (κ2) is 6.84. The molecule has 8 nitrogen and oxygen atoms in total. The third-order valence-electron chi connectivity index (χ3n) is 5.30. The quantitative estimate of drug-likeness (QED) is 0.769. The number of anilines is 1. The van der Waals surface area contributed by atoms with Gasteiger partial charge in [-0.05, 0) is 38.1 Å². The van der Waals surface area contributed by atoms with E-state index >= 15 is 0 Å². The summed E-state index contributed by atoms with van der Waals surface area (Å²) < 4.78 is 16.4. The Morgan fingerprint density at radius 1 is 1.31 bits per heavy atom. The van der Waals surface area contributed by atoms with Crippen LogP contribution in [0.3, 0.4) is 0 Å². The van der Waals surface area contributed by atoms with Crippen LogP contribution in [-0.2, 0) is 17.4 Å². The summed E-state index contributed by atoms with van der Waals surface area (Å²) in [6.45, 7) is 7.11. The number of carbonyl (C=O) groups excluding carboxylic acids is 2. The van der Waals surface area contributed by atoms with Gasteiger partial charge < -0.3 is 11.1 Å². The van der Waals surface area contributed by atoms with Gasteiger partial charge in [0.1, 0.15) is 11.4 Å². The number of aromatic nitrogens is 2. The number of aliphatic imine (C=N–C) groups is 1. The molecule has 2 amide bonds. The number of carbonyl (C=O) groups is 2. The van der Waals surface area contributed by atoms with Crippen molar-refractivity contribution in [2.45, 2.75) is 19.4 Å². The average molecular weight is 398 g/mol. The van der Waals surface area contributed by atoms with Crippen molar-refractivity contribution >= 4 is 23.5 Å². The number of halogens is 1. The van der Waals surface area contributed by atoms with E-state index in [9.17, 15) is 14.0 Å². The van der Waals surface area contributed by atoms with Crippen molar-refractivity contribution in [1.82, 2.24) is 14.7 Å². The third-order valence-corrected chi connectivity index (χ3v) is 5.30. The van der Waals surface area contributed by atoms with E-state index in [0.29, 0.717) is 5.69 Å². The molecule has 1 aromatic carbocycles. The highest BCUT2D eigenvalue weighted by Gasteiger charge is 2.55. The number of aryl methyl sites for hydroxylation is 1. The van der Waals surface area contributed by atoms with Crippen LogP contribution in [-0.4, -0.2) is 39.5 Å². The van der Waals surface area contributed by atoms with Gasteiger partial charge in [0.25, 0.3) is 5.91 Å². The molecule has 0 saturated carbocycles. The summed E-state index contributed by atoms with van der Waals surface area (Å²) in [6.07, 6.45) is 3.05. The van der Waals surface area contributed by atoms with Crippen LogP contribution in [0.2, 0.25) is 0 Å². The standard InChI is InChI=1S/C20H23FN6O2/c1-6-20(19(2,3)17(29)27(5)18(22)24-20)13-11-12(7-8-14(13)21)23-16(28)15-9-10-26(4)25-15/h6-11H,1H2,2-5H3,(H2,22,24)(H,23,28)/t20-/m1/s1. The van der Waals surface area contributed by atoms with E-state index < -0.39 is 22.7 Å². The first-order valence-corrected chi connectivity index (χ1v) is 8.91. The monoisotopic (exact) mass is 398 g/mol. The zero-order valence-electron chi connectivity index (χ0n) is 16.7. The Labute approximate surface area is 167 Å². The van der Waals surface area contributed by atoms with Crippen molar-refractivity contribution in [3.63, 3.8) is 0 Å². The first-order chi connectivity index (χ1) is 13.5. The Bertz CT molecular complexity index is 1040. The SMILES string of the molecule is C=C[C@]1(c2cc(NC(=O)c3ccn(C)n3)ccc2F)N=C(N)N(C)C(=O)C1(C)C. The molecule has 0 saturated heterocycles. The van der Waals surface area contributed by atoms with E-state index in [1.165, 1.54) is 40.9 Å². The first-order valence-electron chi connectivity index (χ1n) is 8.91. The number of amides is 2. The Balaban J connectivity index is 2.10. The third kappa shape index (κ3) is 3.08. The molecule has 152 valence electrons. The van der Waals surface area contributed by atoms with Crippen LogP contribution in [0.5, 0.6) is 0 Å². The number of rotatable bonds is 4. The van der Waals surface area contributed by atoms with Crippen LogP contribution in [0.15, 0.2) is 48.1 Å². The van der Waals surface area contributed by atoms with Crippen LogP contribution < -0.4 is 11.1 Å². The molecule has 0 spiro atoms. The van der Waals surface area contributed by atoms with Crippen LogP contribution in [0.25, 0.3) is 0 Å². The fourth-order valence-corrected chi connectivity index (χ4v) is 3.52. The minimum absolute atomic E-state index is 0.0449. The predicted molar refractivity (Wildman–Crippen MR) is 108 cm³/mol. The van der Waals surface area contributed by atoms with Gasteiger partial charge >= 0.3 is 0 Å². The lowest BCUT2D eigenvalue weighted by Gasteiger charge is -2.46. The van der Waals surface area contributed by atoms with E-state index in [1.54, 1.807) is 33.2 Å². The Morgan fingerprint density at radius 3 is 2.59 bits per heavy atom. The smallest absolute Gasteiger partial charge is 0.276 e. The second-order valence-corrected chi connectivity index (χ2v) is 7.45. The maximum atomic E-state index is 14.9. The van der Waals surface area contributed by atoms with Crippen LogP contribution in [0.1, 0.15) is 29.9 Å². The molecule has 2 heterocycles. The summed E-state index contributed by atoms with van der Waals surface area (Å²) >= 11 is 0. The van der Waals surface area contributed by atoms with Gasteiger partial charge in [-0.3, -0.25) is 19.2 Å². The second-order valence-electron chi connectivity index (χ2n) is 7.45. The van der Waals surface area contributed by atoms with Crippen molar-refractivity contribution in [3.8, 4) is 0 Å². The van der Waals surface area contributed by atoms with Gasteiger partial charge in [0.2, 0.25) is 5.91 Å². The number of nitrogens with zero attached hydrogens (tertiary/aromatic N) is 4. The van der Waals surface area contributed by atoms with Gasteiger partial charge in [0.15, 0.2) is 11.7 Å². The van der Waals surface area contributed by atoms with E-state index in [-0.39, 0.29) is 23.1 Å². The molecule has 29 heavy (non-hydrogen) atoms. The molecule has 0 radical (unpaired) electrons. The van der Waals surface area contributed by atoms with E-state index in [1.807, 2.05) is 0 Å². The number of nitrogens with two attached hydrogens (primary N) is 1. The van der Waals surface area contributed by atoms with Gasteiger partial charge in [-0.15, -0.1) is 6.58 Å². The van der Waals surface area contributed by atoms with Gasteiger partial charge in [0.05, 0.1) is 5.41 Å².